The van der Waals surface area contributed by atoms with Crippen molar-refractivity contribution < 1.29 is 52.6 Å². The van der Waals surface area contributed by atoms with Crippen molar-refractivity contribution in [3.63, 3.8) is 0 Å². The Morgan fingerprint density at radius 1 is 0.627 bits per heavy atom. The average molecular weight is 846 g/mol. The third-order valence-corrected chi connectivity index (χ3v) is 9.04. The minimum absolute atomic E-state index is 0.0340. The van der Waals surface area contributed by atoms with Crippen LogP contribution in [0.4, 0.5) is 0 Å². The summed E-state index contributed by atoms with van der Waals surface area (Å²) in [6.07, 6.45) is 47.7. The Morgan fingerprint density at radius 2 is 1.14 bits per heavy atom. The molecule has 0 radical (unpaired) electrons. The van der Waals surface area contributed by atoms with Gasteiger partial charge in [-0.3, -0.25) is 23.4 Å². The molecule has 0 aliphatic heterocycles. The number of hydrogen-bond donors (Lipinski definition) is 4. The molecule has 0 saturated heterocycles. The van der Waals surface area contributed by atoms with Gasteiger partial charge in [-0.25, -0.2) is 4.57 Å². The number of phosphoric acid groups is 1. The van der Waals surface area contributed by atoms with E-state index in [-0.39, 0.29) is 12.8 Å². The molecule has 332 valence electrons. The Hall–Kier alpha value is -3.90. The molecular weight excluding hydrogens is 773 g/mol. The van der Waals surface area contributed by atoms with Gasteiger partial charge in [0.05, 0.1) is 19.3 Å². The molecule has 0 aromatic carbocycles. The van der Waals surface area contributed by atoms with E-state index < -0.39 is 63.8 Å². The highest BCUT2D eigenvalue weighted by atomic mass is 31.2. The van der Waals surface area contributed by atoms with Gasteiger partial charge in [-0.15, -0.1) is 0 Å². The molecule has 0 fully saturated rings. The summed E-state index contributed by atoms with van der Waals surface area (Å²) in [5.74, 6) is -2.59. The van der Waals surface area contributed by atoms with Gasteiger partial charge in [-0.05, 0) is 83.5 Å². The fourth-order valence-corrected chi connectivity index (χ4v) is 5.54. The first-order chi connectivity index (χ1) is 28.5. The summed E-state index contributed by atoms with van der Waals surface area (Å²) in [5.41, 5.74) is 5.32. The van der Waals surface area contributed by atoms with Crippen LogP contribution in [0.3, 0.4) is 0 Å². The maximum atomic E-state index is 12.6. The lowest BCUT2D eigenvalue weighted by Gasteiger charge is -2.20. The van der Waals surface area contributed by atoms with Gasteiger partial charge in [0.15, 0.2) is 6.10 Å². The molecule has 0 aromatic heterocycles. The summed E-state index contributed by atoms with van der Waals surface area (Å²) < 4.78 is 32.5. The average Bonchev–Trinajstić information content (AvgIpc) is 3.21. The molecule has 0 saturated carbocycles. The van der Waals surface area contributed by atoms with Crippen molar-refractivity contribution in [2.24, 2.45) is 5.73 Å². The molecular formula is C46H72NO11P. The van der Waals surface area contributed by atoms with E-state index in [1.807, 2.05) is 48.6 Å². The van der Waals surface area contributed by atoms with Crippen molar-refractivity contribution in [3.05, 3.63) is 109 Å². The number of carboxylic acid groups (broad SMARTS) is 1. The second-order valence-corrected chi connectivity index (χ2v) is 15.0. The third kappa shape index (κ3) is 39.3. The third-order valence-electron chi connectivity index (χ3n) is 8.09. The topological polar surface area (TPSA) is 192 Å². The molecule has 0 rings (SSSR count). The lowest BCUT2D eigenvalue weighted by Crippen LogP contribution is -2.34. The van der Waals surface area contributed by atoms with E-state index in [0.717, 1.165) is 38.5 Å². The number of aliphatic carboxylic acids is 1. The van der Waals surface area contributed by atoms with Crippen LogP contribution in [0.1, 0.15) is 123 Å². The van der Waals surface area contributed by atoms with E-state index in [1.165, 1.54) is 19.3 Å². The van der Waals surface area contributed by atoms with Gasteiger partial charge in [0.1, 0.15) is 12.6 Å². The molecule has 0 spiro atoms. The number of esters is 2. The lowest BCUT2D eigenvalue weighted by molar-refractivity contribution is -0.161. The summed E-state index contributed by atoms with van der Waals surface area (Å²) in [7, 11) is -4.77. The maximum absolute atomic E-state index is 12.6. The predicted molar refractivity (Wildman–Crippen MR) is 236 cm³/mol. The Morgan fingerprint density at radius 3 is 1.71 bits per heavy atom. The van der Waals surface area contributed by atoms with Gasteiger partial charge >= 0.3 is 25.7 Å². The lowest BCUT2D eigenvalue weighted by atomic mass is 10.1. The maximum Gasteiger partial charge on any atom is 0.472 e. The molecule has 0 aromatic rings. The fourth-order valence-electron chi connectivity index (χ4n) is 4.76. The quantitative estimate of drug-likeness (QED) is 0.0152. The molecule has 59 heavy (non-hydrogen) atoms. The molecule has 1 unspecified atom stereocenters. The molecule has 0 aliphatic rings. The van der Waals surface area contributed by atoms with Gasteiger partial charge in [-0.1, -0.05) is 136 Å². The summed E-state index contributed by atoms with van der Waals surface area (Å²) >= 11 is 0. The standard InChI is InChI=1S/C46H72NO11P/c1-3-5-7-9-11-12-13-14-15-16-17-18-19-20-24-28-32-36-44(49)55-38-42(39-56-59(53,54)57-40-43(47)46(51)52)58-45(50)37-33-29-25-22-21-23-27-31-35-41(48)34-30-26-10-8-6-4-2/h5,7,11-12,14-15,17-18,20,22-27,30-31,35,41-43,48H,3-4,6,8-10,13,16,19,21,28-29,32-34,36-40,47H2,1-2H3,(H,51,52)(H,53,54)/b7-5-,12-11-,15-14-,18-17-,24-20-,25-22-,27-23-,30-26-,35-31+/t41-,42+,43-/m0/s1. The van der Waals surface area contributed by atoms with Crippen molar-refractivity contribution in [3.8, 4) is 0 Å². The molecule has 4 atom stereocenters. The highest BCUT2D eigenvalue weighted by molar-refractivity contribution is 7.47. The van der Waals surface area contributed by atoms with Crippen LogP contribution < -0.4 is 5.73 Å². The summed E-state index contributed by atoms with van der Waals surface area (Å²) in [5, 5.41) is 18.9. The number of phosphoric ester groups is 1. The second-order valence-electron chi connectivity index (χ2n) is 13.6. The number of carbonyl (C=O) groups is 3. The molecule has 0 heterocycles. The Balaban J connectivity index is 4.67. The second kappa shape index (κ2) is 39.6. The number of rotatable bonds is 37. The van der Waals surface area contributed by atoms with E-state index in [4.69, 9.17) is 24.8 Å². The van der Waals surface area contributed by atoms with Crippen LogP contribution in [0.5, 0.6) is 0 Å². The van der Waals surface area contributed by atoms with Crippen LogP contribution in [-0.2, 0) is 37.5 Å². The van der Waals surface area contributed by atoms with Crippen LogP contribution in [0, 0.1) is 0 Å². The summed E-state index contributed by atoms with van der Waals surface area (Å²) in [4.78, 5) is 45.9. The van der Waals surface area contributed by atoms with Crippen LogP contribution in [0.2, 0.25) is 0 Å². The Kier molecular flexibility index (Phi) is 36.9. The number of ether oxygens (including phenoxy) is 2. The van der Waals surface area contributed by atoms with Crippen LogP contribution in [0.15, 0.2) is 109 Å². The number of carbonyl (C=O) groups excluding carboxylic acids is 2. The smallest absolute Gasteiger partial charge is 0.472 e. The minimum atomic E-state index is -4.77. The van der Waals surface area contributed by atoms with Crippen molar-refractivity contribution in [2.45, 2.75) is 141 Å². The number of unbranched alkanes of at least 4 members (excludes halogenated alkanes) is 5. The van der Waals surface area contributed by atoms with E-state index in [0.29, 0.717) is 38.5 Å². The number of allylic oxidation sites excluding steroid dienone is 16. The first-order valence-electron chi connectivity index (χ1n) is 21.0. The van der Waals surface area contributed by atoms with Gasteiger partial charge in [0.25, 0.3) is 0 Å². The first-order valence-corrected chi connectivity index (χ1v) is 22.5. The number of carboxylic acids is 1. The monoisotopic (exact) mass is 845 g/mol. The summed E-state index contributed by atoms with van der Waals surface area (Å²) in [6, 6.07) is -1.55. The van der Waals surface area contributed by atoms with Crippen molar-refractivity contribution >= 4 is 25.7 Å². The molecule has 13 heteroatoms. The molecule has 5 N–H and O–H groups in total. The molecule has 0 aliphatic carbocycles. The number of aliphatic hydroxyl groups is 1. The molecule has 0 bridgehead atoms. The van der Waals surface area contributed by atoms with Gasteiger partial charge in [-0.2, -0.15) is 0 Å². The van der Waals surface area contributed by atoms with Crippen LogP contribution in [0.25, 0.3) is 0 Å². The number of hydrogen-bond acceptors (Lipinski definition) is 10. The number of aliphatic hydroxyl groups excluding tert-OH is 1. The van der Waals surface area contributed by atoms with E-state index in [9.17, 15) is 28.9 Å². The van der Waals surface area contributed by atoms with E-state index >= 15 is 0 Å². The van der Waals surface area contributed by atoms with Gasteiger partial charge < -0.3 is 30.3 Å². The SMILES string of the molecule is CC/C=C\C/C=C\C/C=C\C/C=C\C/C=C\CCCC(=O)OC[C@H](COP(=O)(O)OC[C@H](N)C(=O)O)OC(=O)CCC/C=C\C/C=C\C=C\[C@@H](O)C/C=C\CCCCC. The minimum Gasteiger partial charge on any atom is -0.480 e. The molecule has 0 amide bonds. The highest BCUT2D eigenvalue weighted by Crippen LogP contribution is 2.43. The van der Waals surface area contributed by atoms with E-state index in [1.54, 1.807) is 6.08 Å². The van der Waals surface area contributed by atoms with Crippen molar-refractivity contribution in [1.29, 1.82) is 0 Å². The zero-order chi connectivity index (χ0) is 43.7. The highest BCUT2D eigenvalue weighted by Gasteiger charge is 2.28. The van der Waals surface area contributed by atoms with Crippen LogP contribution >= 0.6 is 7.82 Å². The largest absolute Gasteiger partial charge is 0.480 e. The zero-order valence-corrected chi connectivity index (χ0v) is 36.3. The molecule has 12 nitrogen and oxygen atoms in total. The van der Waals surface area contributed by atoms with Gasteiger partial charge in [0, 0.05) is 12.8 Å². The van der Waals surface area contributed by atoms with Crippen molar-refractivity contribution in [2.75, 3.05) is 19.8 Å². The van der Waals surface area contributed by atoms with E-state index in [2.05, 4.69) is 73.1 Å². The fraction of sp³-hybridized carbons (Fsp3) is 0.543. The Bertz CT molecular complexity index is 1430. The number of nitrogens with two attached hydrogens (primary N) is 1. The first kappa shape index (κ1) is 55.1. The Labute approximate surface area is 353 Å². The van der Waals surface area contributed by atoms with Crippen molar-refractivity contribution in [1.82, 2.24) is 0 Å². The van der Waals surface area contributed by atoms with Gasteiger partial charge in [0.2, 0.25) is 0 Å². The van der Waals surface area contributed by atoms with Crippen LogP contribution in [-0.4, -0.2) is 71.1 Å². The summed E-state index contributed by atoms with van der Waals surface area (Å²) in [6.45, 7) is 2.43. The normalized spacial score (nSPS) is 15.3. The predicted octanol–water partition coefficient (Wildman–Crippen LogP) is 10.0. The zero-order valence-electron chi connectivity index (χ0n) is 35.4.